The number of unbranched alkanes of at least 4 members (excludes halogenated alkanes) is 2. The van der Waals surface area contributed by atoms with Gasteiger partial charge in [0.1, 0.15) is 16.5 Å². The van der Waals surface area contributed by atoms with E-state index in [9.17, 15) is 4.21 Å². The highest BCUT2D eigenvalue weighted by Gasteiger charge is 2.29. The lowest BCUT2D eigenvalue weighted by Gasteiger charge is -2.29. The minimum Gasteiger partial charge on any atom is -0.378 e. The maximum Gasteiger partial charge on any atom is 0.149 e. The number of rotatable bonds is 5. The fourth-order valence-electron chi connectivity index (χ4n) is 2.93. The van der Waals surface area contributed by atoms with Crippen molar-refractivity contribution in [1.82, 2.24) is 9.97 Å². The van der Waals surface area contributed by atoms with Gasteiger partial charge in [0, 0.05) is 18.5 Å². The molecule has 0 saturated carbocycles. The lowest BCUT2D eigenvalue weighted by molar-refractivity contribution is 0.122. The summed E-state index contributed by atoms with van der Waals surface area (Å²) in [5.74, 6) is 1.59. The van der Waals surface area contributed by atoms with Crippen LogP contribution in [0.1, 0.15) is 44.1 Å². The molecule has 1 saturated heterocycles. The van der Waals surface area contributed by atoms with E-state index in [0.717, 1.165) is 53.7 Å². The van der Waals surface area contributed by atoms with Gasteiger partial charge in [0.05, 0.1) is 29.7 Å². The molecule has 0 amide bonds. The molecule has 2 aliphatic heterocycles. The van der Waals surface area contributed by atoms with Crippen molar-refractivity contribution < 1.29 is 8.95 Å². The van der Waals surface area contributed by atoms with Gasteiger partial charge in [-0.15, -0.1) is 0 Å². The number of morpholine rings is 1. The molecule has 0 aromatic carbocycles. The minimum atomic E-state index is -1.12. The van der Waals surface area contributed by atoms with Crippen LogP contribution in [-0.2, 0) is 15.5 Å². The van der Waals surface area contributed by atoms with Gasteiger partial charge >= 0.3 is 0 Å². The topological polar surface area (TPSA) is 55.3 Å². The molecule has 0 radical (unpaired) electrons. The van der Waals surface area contributed by atoms with E-state index in [0.29, 0.717) is 13.2 Å². The van der Waals surface area contributed by atoms with Crippen LogP contribution in [-0.4, -0.2) is 40.5 Å². The maximum absolute atomic E-state index is 12.6. The fourth-order valence-corrected chi connectivity index (χ4v) is 4.25. The number of aryl methyl sites for hydroxylation is 1. The van der Waals surface area contributed by atoms with Gasteiger partial charge in [0.25, 0.3) is 0 Å². The molecule has 120 valence electrons. The molecule has 2 aliphatic rings. The molecular weight excluding hydrogens is 298 g/mol. The van der Waals surface area contributed by atoms with E-state index in [-0.39, 0.29) is 0 Å². The first-order chi connectivity index (χ1) is 10.7. The summed E-state index contributed by atoms with van der Waals surface area (Å²) >= 11 is 0. The molecule has 0 spiro atoms. The van der Waals surface area contributed by atoms with Crippen molar-refractivity contribution in [1.29, 1.82) is 0 Å². The number of allylic oxidation sites excluding steroid dienone is 1. The predicted octanol–water partition coefficient (Wildman–Crippen LogP) is 2.66. The third kappa shape index (κ3) is 3.08. The number of hydrogen-bond acceptors (Lipinski definition) is 5. The highest BCUT2D eigenvalue weighted by molar-refractivity contribution is 7.88. The monoisotopic (exact) mass is 321 g/mol. The molecule has 1 aromatic heterocycles. The summed E-state index contributed by atoms with van der Waals surface area (Å²) in [7, 11) is -1.12. The van der Waals surface area contributed by atoms with Crippen molar-refractivity contribution in [3.8, 4) is 0 Å². The highest BCUT2D eigenvalue weighted by Crippen LogP contribution is 2.38. The van der Waals surface area contributed by atoms with Crippen LogP contribution in [0.3, 0.4) is 0 Å². The van der Waals surface area contributed by atoms with Gasteiger partial charge < -0.3 is 9.64 Å². The van der Waals surface area contributed by atoms with Crippen molar-refractivity contribution in [3.05, 3.63) is 16.9 Å². The molecule has 1 atom stereocenters. The molecule has 0 bridgehead atoms. The molecule has 0 N–H and O–H groups in total. The number of hydrogen-bond donors (Lipinski definition) is 0. The van der Waals surface area contributed by atoms with E-state index in [1.165, 1.54) is 12.8 Å². The van der Waals surface area contributed by atoms with Crippen LogP contribution in [0, 0.1) is 6.92 Å². The van der Waals surface area contributed by atoms with Gasteiger partial charge in [-0.05, 0) is 25.3 Å². The summed E-state index contributed by atoms with van der Waals surface area (Å²) in [6.07, 6.45) is 4.45. The van der Waals surface area contributed by atoms with Crippen molar-refractivity contribution in [2.75, 3.05) is 31.2 Å². The zero-order valence-corrected chi connectivity index (χ0v) is 14.1. The summed E-state index contributed by atoms with van der Waals surface area (Å²) in [5.41, 5.74) is 2.03. The van der Waals surface area contributed by atoms with E-state index < -0.39 is 10.8 Å². The normalized spacial score (nSPS) is 20.9. The van der Waals surface area contributed by atoms with E-state index in [4.69, 9.17) is 4.74 Å². The van der Waals surface area contributed by atoms with E-state index in [2.05, 4.69) is 21.8 Å². The second-order valence-corrected chi connectivity index (χ2v) is 7.01. The first-order valence-electron chi connectivity index (χ1n) is 8.03. The predicted molar refractivity (Wildman–Crippen MR) is 88.3 cm³/mol. The van der Waals surface area contributed by atoms with Crippen molar-refractivity contribution in [2.45, 2.75) is 44.4 Å². The smallest absolute Gasteiger partial charge is 0.149 e. The Morgan fingerprint density at radius 3 is 2.77 bits per heavy atom. The molecule has 6 heteroatoms. The molecular formula is C16H23N3O2S. The quantitative estimate of drug-likeness (QED) is 0.780. The molecule has 3 rings (SSSR count). The van der Waals surface area contributed by atoms with E-state index in [1.807, 2.05) is 12.3 Å². The Balaban J connectivity index is 1.92. The molecule has 0 aliphatic carbocycles. The Morgan fingerprint density at radius 2 is 2.05 bits per heavy atom. The SMILES string of the molecule is CCCCCC1=CS(=O)c2c1nc(C)nc2N1CCOCC1. The molecule has 1 fully saturated rings. The largest absolute Gasteiger partial charge is 0.378 e. The summed E-state index contributed by atoms with van der Waals surface area (Å²) in [6.45, 7) is 7.09. The summed E-state index contributed by atoms with van der Waals surface area (Å²) < 4.78 is 18.0. The van der Waals surface area contributed by atoms with Crippen molar-refractivity contribution in [3.63, 3.8) is 0 Å². The Morgan fingerprint density at radius 1 is 1.27 bits per heavy atom. The molecule has 1 unspecified atom stereocenters. The van der Waals surface area contributed by atoms with Crippen LogP contribution in [0.4, 0.5) is 5.82 Å². The zero-order chi connectivity index (χ0) is 15.5. The number of aromatic nitrogens is 2. The Labute approximate surface area is 134 Å². The van der Waals surface area contributed by atoms with Crippen LogP contribution in [0.25, 0.3) is 5.57 Å². The van der Waals surface area contributed by atoms with Crippen LogP contribution in [0.2, 0.25) is 0 Å². The maximum atomic E-state index is 12.6. The average molecular weight is 321 g/mol. The molecule has 3 heterocycles. The second-order valence-electron chi connectivity index (χ2n) is 5.77. The van der Waals surface area contributed by atoms with Gasteiger partial charge in [-0.1, -0.05) is 19.8 Å². The van der Waals surface area contributed by atoms with Gasteiger partial charge in [0.2, 0.25) is 0 Å². The summed E-state index contributed by atoms with van der Waals surface area (Å²) in [6, 6.07) is 0. The fraction of sp³-hybridized carbons (Fsp3) is 0.625. The van der Waals surface area contributed by atoms with Gasteiger partial charge in [-0.2, -0.15) is 0 Å². The molecule has 5 nitrogen and oxygen atoms in total. The highest BCUT2D eigenvalue weighted by atomic mass is 32.2. The first kappa shape index (κ1) is 15.6. The second kappa shape index (κ2) is 6.87. The standard InChI is InChI=1S/C16H23N3O2S/c1-3-4-5-6-13-11-22(20)15-14(13)17-12(2)18-16(15)19-7-9-21-10-8-19/h11H,3-10H2,1-2H3. The van der Waals surface area contributed by atoms with Gasteiger partial charge in [-0.25, -0.2) is 14.2 Å². The minimum absolute atomic E-state index is 0.696. The number of fused-ring (bicyclic) bond motifs is 1. The molecule has 22 heavy (non-hydrogen) atoms. The Bertz CT molecular complexity index is 610. The number of ether oxygens (including phenoxy) is 1. The van der Waals surface area contributed by atoms with Crippen LogP contribution < -0.4 is 4.90 Å². The van der Waals surface area contributed by atoms with E-state index >= 15 is 0 Å². The third-order valence-electron chi connectivity index (χ3n) is 4.07. The first-order valence-corrected chi connectivity index (χ1v) is 9.25. The lowest BCUT2D eigenvalue weighted by atomic mass is 10.1. The van der Waals surface area contributed by atoms with Crippen LogP contribution in [0.5, 0.6) is 0 Å². The third-order valence-corrected chi connectivity index (χ3v) is 5.35. The van der Waals surface area contributed by atoms with Crippen LogP contribution in [0.15, 0.2) is 10.3 Å². The Hall–Kier alpha value is -1.27. The summed E-state index contributed by atoms with van der Waals surface area (Å²) in [5, 5.41) is 1.87. The van der Waals surface area contributed by atoms with Crippen molar-refractivity contribution >= 4 is 22.2 Å². The van der Waals surface area contributed by atoms with Gasteiger partial charge in [-0.3, -0.25) is 0 Å². The lowest BCUT2D eigenvalue weighted by Crippen LogP contribution is -2.37. The number of anilines is 1. The van der Waals surface area contributed by atoms with Crippen LogP contribution >= 0.6 is 0 Å². The average Bonchev–Trinajstić information content (AvgIpc) is 2.84. The van der Waals surface area contributed by atoms with E-state index in [1.54, 1.807) is 0 Å². The van der Waals surface area contributed by atoms with Crippen molar-refractivity contribution in [2.24, 2.45) is 0 Å². The Kier molecular flexibility index (Phi) is 4.88. The van der Waals surface area contributed by atoms with Gasteiger partial charge in [0.15, 0.2) is 0 Å². The molecule has 1 aromatic rings. The number of nitrogens with zero attached hydrogens (tertiary/aromatic N) is 3. The zero-order valence-electron chi connectivity index (χ0n) is 13.3. The summed E-state index contributed by atoms with van der Waals surface area (Å²) in [4.78, 5) is 12.2.